The van der Waals surface area contributed by atoms with E-state index in [1.54, 1.807) is 20.8 Å². The average molecular weight is 553 g/mol. The number of aliphatic hydroxyl groups is 3. The molecule has 0 bridgehead atoms. The molecule has 3 saturated carbocycles. The van der Waals surface area contributed by atoms with Crippen molar-refractivity contribution in [3.8, 4) is 0 Å². The summed E-state index contributed by atoms with van der Waals surface area (Å²) in [5.41, 5.74) is -1.51. The van der Waals surface area contributed by atoms with Gasteiger partial charge in [-0.3, -0.25) is 14.4 Å². The molecule has 0 aromatic rings. The van der Waals surface area contributed by atoms with Crippen LogP contribution in [0.5, 0.6) is 0 Å². The van der Waals surface area contributed by atoms with Crippen molar-refractivity contribution in [2.24, 2.45) is 51.8 Å². The van der Waals surface area contributed by atoms with E-state index in [1.807, 2.05) is 41.5 Å². The minimum absolute atomic E-state index is 0.114. The summed E-state index contributed by atoms with van der Waals surface area (Å²) in [5.74, 6) is 2.70. The van der Waals surface area contributed by atoms with Crippen molar-refractivity contribution >= 4 is 17.3 Å². The Morgan fingerprint density at radius 2 is 0.692 bits per heavy atom. The topological polar surface area (TPSA) is 112 Å². The van der Waals surface area contributed by atoms with Gasteiger partial charge < -0.3 is 15.3 Å². The van der Waals surface area contributed by atoms with E-state index >= 15 is 0 Å². The van der Waals surface area contributed by atoms with E-state index in [2.05, 4.69) is 20.8 Å². The summed E-state index contributed by atoms with van der Waals surface area (Å²) in [6.07, 6.45) is 3.83. The van der Waals surface area contributed by atoms with Gasteiger partial charge in [0.1, 0.15) is 17.3 Å². The summed E-state index contributed by atoms with van der Waals surface area (Å²) in [6.45, 7) is 23.2. The number of hydrogen-bond acceptors (Lipinski definition) is 6. The molecular formula is C33H60O6. The molecule has 3 aliphatic carbocycles. The third-order valence-corrected chi connectivity index (χ3v) is 10.4. The van der Waals surface area contributed by atoms with Crippen molar-refractivity contribution in [1.82, 2.24) is 0 Å². The highest BCUT2D eigenvalue weighted by Crippen LogP contribution is 2.43. The number of carbonyl (C=O) groups is 3. The number of carbonyl (C=O) groups excluding carboxylic acids is 3. The van der Waals surface area contributed by atoms with E-state index in [4.69, 9.17) is 0 Å². The van der Waals surface area contributed by atoms with E-state index in [-0.39, 0.29) is 35.1 Å². The predicted octanol–water partition coefficient (Wildman–Crippen LogP) is 6.03. The summed E-state index contributed by atoms with van der Waals surface area (Å²) in [5, 5.41) is 28.9. The molecule has 39 heavy (non-hydrogen) atoms. The Morgan fingerprint density at radius 1 is 0.513 bits per heavy atom. The van der Waals surface area contributed by atoms with E-state index in [0.717, 1.165) is 38.5 Å². The first-order valence-electron chi connectivity index (χ1n) is 15.3. The second kappa shape index (κ2) is 13.7. The lowest BCUT2D eigenvalue weighted by Crippen LogP contribution is -2.46. The number of ketones is 3. The molecule has 0 heterocycles. The molecule has 3 fully saturated rings. The van der Waals surface area contributed by atoms with Crippen LogP contribution in [0, 0.1) is 51.8 Å². The lowest BCUT2D eigenvalue weighted by molar-refractivity contribution is -0.144. The zero-order valence-corrected chi connectivity index (χ0v) is 27.0. The summed E-state index contributed by atoms with van der Waals surface area (Å²) in [4.78, 5) is 35.6. The number of aliphatic hydroxyl groups excluding tert-OH is 3. The molecular weight excluding hydrogens is 492 g/mol. The van der Waals surface area contributed by atoms with Gasteiger partial charge in [-0.25, -0.2) is 0 Å². The highest BCUT2D eigenvalue weighted by atomic mass is 16.3. The highest BCUT2D eigenvalue weighted by Gasteiger charge is 2.46. The number of hydrogen-bond donors (Lipinski definition) is 3. The largest absolute Gasteiger partial charge is 0.392 e. The second-order valence-electron chi connectivity index (χ2n) is 14.7. The molecule has 6 nitrogen and oxygen atoms in total. The molecule has 3 N–H and O–H groups in total. The van der Waals surface area contributed by atoms with Crippen LogP contribution < -0.4 is 0 Å². The van der Waals surface area contributed by atoms with Crippen molar-refractivity contribution in [3.63, 3.8) is 0 Å². The zero-order chi connectivity index (χ0) is 30.7. The minimum atomic E-state index is -0.523. The lowest BCUT2D eigenvalue weighted by atomic mass is 9.64. The molecule has 3 aliphatic rings. The van der Waals surface area contributed by atoms with Crippen LogP contribution in [-0.4, -0.2) is 51.0 Å². The molecule has 228 valence electrons. The van der Waals surface area contributed by atoms with Gasteiger partial charge in [0.05, 0.1) is 34.6 Å². The fourth-order valence-electron chi connectivity index (χ4n) is 7.67. The van der Waals surface area contributed by atoms with E-state index in [1.165, 1.54) is 0 Å². The van der Waals surface area contributed by atoms with Gasteiger partial charge in [-0.1, -0.05) is 62.3 Å². The first-order chi connectivity index (χ1) is 17.6. The van der Waals surface area contributed by atoms with Crippen LogP contribution in [0.4, 0.5) is 0 Å². The molecule has 3 rings (SSSR count). The van der Waals surface area contributed by atoms with Gasteiger partial charge in [0.15, 0.2) is 0 Å². The predicted molar refractivity (Wildman–Crippen MR) is 157 cm³/mol. The summed E-state index contributed by atoms with van der Waals surface area (Å²) in [6, 6.07) is 0. The smallest absolute Gasteiger partial charge is 0.144 e. The Morgan fingerprint density at radius 3 is 0.846 bits per heavy atom. The summed E-state index contributed by atoms with van der Waals surface area (Å²) in [7, 11) is 0. The van der Waals surface area contributed by atoms with Gasteiger partial charge in [-0.15, -0.1) is 0 Å². The quantitative estimate of drug-likeness (QED) is 0.394. The van der Waals surface area contributed by atoms with E-state index < -0.39 is 34.6 Å². The lowest BCUT2D eigenvalue weighted by Gasteiger charge is -2.40. The molecule has 0 spiro atoms. The Balaban J connectivity index is 0.000000292. The van der Waals surface area contributed by atoms with Gasteiger partial charge in [0.25, 0.3) is 0 Å². The molecule has 0 aromatic carbocycles. The maximum Gasteiger partial charge on any atom is 0.144 e. The van der Waals surface area contributed by atoms with Crippen LogP contribution in [0.3, 0.4) is 0 Å². The van der Waals surface area contributed by atoms with Crippen LogP contribution in [0.25, 0.3) is 0 Å². The summed E-state index contributed by atoms with van der Waals surface area (Å²) < 4.78 is 0. The summed E-state index contributed by atoms with van der Waals surface area (Å²) >= 11 is 0. The maximum atomic E-state index is 11.9. The SMILES string of the molecule is C[C@@H]1C[C@H](C)C(=O)[C@@](C)([C@@H](C)O)C1.C[C@@H]1C[C@H](C)C(=O)[C@@](C)([C@@H](C)O)C1.C[C@H]1C[C@@H](C)C(=O)[C@](C)([C@H](C)O)C1. The standard InChI is InChI=1S/3C11H20O2/c3*1-7-5-8(2)10(13)11(4,6-7)9(3)12/h3*7-9,12H,5-6H2,1-4H3/t3*7-,8+,9-,11-/m110/s1. The van der Waals surface area contributed by atoms with Gasteiger partial charge >= 0.3 is 0 Å². The third kappa shape index (κ3) is 8.23. The van der Waals surface area contributed by atoms with Crippen molar-refractivity contribution in [2.45, 2.75) is 140 Å². The highest BCUT2D eigenvalue weighted by molar-refractivity contribution is 5.88. The Kier molecular flexibility index (Phi) is 12.6. The van der Waals surface area contributed by atoms with Crippen molar-refractivity contribution in [2.75, 3.05) is 0 Å². The monoisotopic (exact) mass is 552 g/mol. The van der Waals surface area contributed by atoms with E-state index in [9.17, 15) is 29.7 Å². The van der Waals surface area contributed by atoms with Crippen molar-refractivity contribution in [1.29, 1.82) is 0 Å². The number of Topliss-reactive ketones (excluding diaryl/α,β-unsaturated/α-hetero) is 3. The Hall–Kier alpha value is -1.11. The van der Waals surface area contributed by atoms with Crippen LogP contribution in [0.2, 0.25) is 0 Å². The third-order valence-electron chi connectivity index (χ3n) is 10.4. The molecule has 0 aromatic heterocycles. The minimum Gasteiger partial charge on any atom is -0.392 e. The van der Waals surface area contributed by atoms with Gasteiger partial charge in [-0.05, 0) is 77.0 Å². The molecule has 0 saturated heterocycles. The maximum absolute atomic E-state index is 11.9. The normalized spacial score (nSPS) is 43.3. The molecule has 0 aliphatic heterocycles. The average Bonchev–Trinajstić information content (AvgIpc) is 2.79. The second-order valence-corrected chi connectivity index (χ2v) is 14.7. The van der Waals surface area contributed by atoms with Crippen LogP contribution in [0.1, 0.15) is 122 Å². The van der Waals surface area contributed by atoms with Gasteiger partial charge in [0, 0.05) is 17.8 Å². The zero-order valence-electron chi connectivity index (χ0n) is 27.0. The van der Waals surface area contributed by atoms with Crippen LogP contribution >= 0.6 is 0 Å². The van der Waals surface area contributed by atoms with E-state index in [0.29, 0.717) is 17.8 Å². The fraction of sp³-hybridized carbons (Fsp3) is 0.909. The first kappa shape index (κ1) is 35.9. The fourth-order valence-corrected chi connectivity index (χ4v) is 7.67. The molecule has 6 heteroatoms. The van der Waals surface area contributed by atoms with Gasteiger partial charge in [0.2, 0.25) is 0 Å². The van der Waals surface area contributed by atoms with Crippen molar-refractivity contribution in [3.05, 3.63) is 0 Å². The molecule has 0 unspecified atom stereocenters. The number of rotatable bonds is 3. The van der Waals surface area contributed by atoms with Crippen LogP contribution in [-0.2, 0) is 14.4 Å². The first-order valence-corrected chi connectivity index (χ1v) is 15.3. The van der Waals surface area contributed by atoms with Gasteiger partial charge in [-0.2, -0.15) is 0 Å². The van der Waals surface area contributed by atoms with Crippen molar-refractivity contribution < 1.29 is 29.7 Å². The molecule has 12 atom stereocenters. The Bertz CT molecular complexity index is 740. The molecule has 0 amide bonds. The van der Waals surface area contributed by atoms with Crippen LogP contribution in [0.15, 0.2) is 0 Å². The molecule has 0 radical (unpaired) electrons. The Labute approximate surface area is 238 Å².